The largest absolute Gasteiger partial charge is 0.477 e. The highest BCUT2D eigenvalue weighted by Crippen LogP contribution is 2.27. The molecule has 0 saturated carbocycles. The molecule has 0 unspecified atom stereocenters. The average Bonchev–Trinajstić information content (AvgIpc) is 2.76. The molecule has 2 rings (SSSR count). The van der Waals surface area contributed by atoms with Gasteiger partial charge in [0.15, 0.2) is 0 Å². The zero-order valence-electron chi connectivity index (χ0n) is 11.8. The van der Waals surface area contributed by atoms with E-state index in [-0.39, 0.29) is 5.41 Å². The van der Waals surface area contributed by atoms with E-state index in [2.05, 4.69) is 35.7 Å². The normalized spacial score (nSPS) is 12.2. The Morgan fingerprint density at radius 3 is 2.85 bits per heavy atom. The predicted molar refractivity (Wildman–Crippen MR) is 77.1 cm³/mol. The molecule has 0 atom stereocenters. The number of amides is 1. The van der Waals surface area contributed by atoms with Gasteiger partial charge in [0.1, 0.15) is 12.0 Å². The highest BCUT2D eigenvalue weighted by molar-refractivity contribution is 5.96. The molecule has 0 aliphatic carbocycles. The van der Waals surface area contributed by atoms with Gasteiger partial charge >= 0.3 is 0 Å². The minimum absolute atomic E-state index is 0.0246. The number of hydrogen-bond donors (Lipinski definition) is 2. The van der Waals surface area contributed by atoms with E-state index < -0.39 is 5.91 Å². The standard InChI is InChI=1S/C14H18N4O2/c1-14(2,3)7-20-13-11-9(4-5-10(15)19)6-16-12(11)17-8-18-13/h4-6,8H,7H2,1-3H3,(H2,15,19)(H,16,17,18). The molecule has 0 saturated heterocycles. The van der Waals surface area contributed by atoms with Crippen LogP contribution < -0.4 is 10.5 Å². The zero-order valence-corrected chi connectivity index (χ0v) is 11.8. The van der Waals surface area contributed by atoms with Gasteiger partial charge in [0.05, 0.1) is 12.0 Å². The topological polar surface area (TPSA) is 93.9 Å². The maximum absolute atomic E-state index is 10.8. The summed E-state index contributed by atoms with van der Waals surface area (Å²) < 4.78 is 5.77. The van der Waals surface area contributed by atoms with Crippen LogP contribution in [-0.2, 0) is 4.79 Å². The average molecular weight is 274 g/mol. The second-order valence-corrected chi connectivity index (χ2v) is 5.73. The number of carbonyl (C=O) groups excluding carboxylic acids is 1. The van der Waals surface area contributed by atoms with Gasteiger partial charge in [-0.15, -0.1) is 0 Å². The fourth-order valence-corrected chi connectivity index (χ4v) is 1.65. The lowest BCUT2D eigenvalue weighted by Crippen LogP contribution is -2.17. The second-order valence-electron chi connectivity index (χ2n) is 5.73. The monoisotopic (exact) mass is 274 g/mol. The quantitative estimate of drug-likeness (QED) is 0.832. The van der Waals surface area contributed by atoms with Crippen LogP contribution >= 0.6 is 0 Å². The SMILES string of the molecule is CC(C)(C)COc1ncnc2[nH]cc(C=CC(N)=O)c12. The van der Waals surface area contributed by atoms with E-state index in [1.165, 1.54) is 12.4 Å². The molecule has 20 heavy (non-hydrogen) atoms. The van der Waals surface area contributed by atoms with E-state index >= 15 is 0 Å². The van der Waals surface area contributed by atoms with E-state index in [0.29, 0.717) is 18.1 Å². The van der Waals surface area contributed by atoms with Crippen molar-refractivity contribution in [1.29, 1.82) is 0 Å². The van der Waals surface area contributed by atoms with E-state index in [1.54, 1.807) is 12.3 Å². The number of nitrogens with zero attached hydrogens (tertiary/aromatic N) is 2. The van der Waals surface area contributed by atoms with Crippen molar-refractivity contribution in [2.24, 2.45) is 11.1 Å². The van der Waals surface area contributed by atoms with E-state index in [9.17, 15) is 4.79 Å². The zero-order chi connectivity index (χ0) is 14.8. The molecule has 0 aliphatic heterocycles. The fourth-order valence-electron chi connectivity index (χ4n) is 1.65. The lowest BCUT2D eigenvalue weighted by Gasteiger charge is -2.18. The van der Waals surface area contributed by atoms with Crippen molar-refractivity contribution >= 4 is 23.0 Å². The van der Waals surface area contributed by atoms with Gasteiger partial charge in [-0.3, -0.25) is 4.79 Å². The number of aromatic nitrogens is 3. The molecule has 3 N–H and O–H groups in total. The number of aromatic amines is 1. The smallest absolute Gasteiger partial charge is 0.241 e. The van der Waals surface area contributed by atoms with Gasteiger partial charge in [0.2, 0.25) is 11.8 Å². The number of carbonyl (C=O) groups is 1. The van der Waals surface area contributed by atoms with Crippen molar-refractivity contribution in [1.82, 2.24) is 15.0 Å². The van der Waals surface area contributed by atoms with Crippen molar-refractivity contribution in [3.05, 3.63) is 24.2 Å². The molecular weight excluding hydrogens is 256 g/mol. The van der Waals surface area contributed by atoms with Crippen molar-refractivity contribution in [2.45, 2.75) is 20.8 Å². The third-order valence-electron chi connectivity index (χ3n) is 2.53. The van der Waals surface area contributed by atoms with Crippen LogP contribution in [0.1, 0.15) is 26.3 Å². The van der Waals surface area contributed by atoms with E-state index in [1.807, 2.05) is 0 Å². The Labute approximate surface area is 117 Å². The molecular formula is C14H18N4O2. The van der Waals surface area contributed by atoms with Crippen LogP contribution in [0.15, 0.2) is 18.6 Å². The summed E-state index contributed by atoms with van der Waals surface area (Å²) in [5.74, 6) is -0.0105. The van der Waals surface area contributed by atoms with E-state index in [4.69, 9.17) is 10.5 Å². The number of ether oxygens (including phenoxy) is 1. The van der Waals surface area contributed by atoms with Crippen LogP contribution in [0.2, 0.25) is 0 Å². The summed E-state index contributed by atoms with van der Waals surface area (Å²) in [5, 5.41) is 0.745. The van der Waals surface area contributed by atoms with Crippen LogP contribution in [-0.4, -0.2) is 27.5 Å². The van der Waals surface area contributed by atoms with E-state index in [0.717, 1.165) is 10.9 Å². The molecule has 2 heterocycles. The van der Waals surface area contributed by atoms with Crippen LogP contribution in [0.3, 0.4) is 0 Å². The molecule has 6 heteroatoms. The molecule has 2 aromatic rings. The molecule has 106 valence electrons. The maximum Gasteiger partial charge on any atom is 0.241 e. The Bertz CT molecular complexity index is 653. The number of primary amides is 1. The highest BCUT2D eigenvalue weighted by atomic mass is 16.5. The van der Waals surface area contributed by atoms with Crippen LogP contribution in [0.25, 0.3) is 17.1 Å². The lowest BCUT2D eigenvalue weighted by atomic mass is 9.99. The Kier molecular flexibility index (Phi) is 3.74. The second kappa shape index (κ2) is 5.32. The predicted octanol–water partition coefficient (Wildman–Crippen LogP) is 1.88. The summed E-state index contributed by atoms with van der Waals surface area (Å²) in [5.41, 5.74) is 6.56. The third-order valence-corrected chi connectivity index (χ3v) is 2.53. The summed E-state index contributed by atoms with van der Waals surface area (Å²) in [4.78, 5) is 22.2. The molecule has 2 aromatic heterocycles. The van der Waals surface area contributed by atoms with Crippen molar-refractivity contribution in [3.8, 4) is 5.88 Å². The van der Waals surface area contributed by atoms with Gasteiger partial charge in [0, 0.05) is 17.8 Å². The lowest BCUT2D eigenvalue weighted by molar-refractivity contribution is -0.113. The maximum atomic E-state index is 10.8. The van der Waals surface area contributed by atoms with Crippen LogP contribution in [0, 0.1) is 5.41 Å². The van der Waals surface area contributed by atoms with Crippen molar-refractivity contribution in [2.75, 3.05) is 6.61 Å². The Balaban J connectivity index is 2.39. The summed E-state index contributed by atoms with van der Waals surface area (Å²) in [7, 11) is 0. The molecule has 0 radical (unpaired) electrons. The van der Waals surface area contributed by atoms with Gasteiger partial charge < -0.3 is 15.5 Å². The first-order valence-corrected chi connectivity index (χ1v) is 6.29. The number of nitrogens with one attached hydrogen (secondary N) is 1. The summed E-state index contributed by atoms with van der Waals surface area (Å²) >= 11 is 0. The highest BCUT2D eigenvalue weighted by Gasteiger charge is 2.15. The van der Waals surface area contributed by atoms with Crippen molar-refractivity contribution < 1.29 is 9.53 Å². The van der Waals surface area contributed by atoms with Gasteiger partial charge in [-0.1, -0.05) is 20.8 Å². The summed E-state index contributed by atoms with van der Waals surface area (Å²) in [6.45, 7) is 6.77. The van der Waals surface area contributed by atoms with Crippen LogP contribution in [0.4, 0.5) is 0 Å². The summed E-state index contributed by atoms with van der Waals surface area (Å²) in [6.07, 6.45) is 6.10. The fraction of sp³-hybridized carbons (Fsp3) is 0.357. The molecule has 0 aromatic carbocycles. The first kappa shape index (κ1) is 14.0. The van der Waals surface area contributed by atoms with Gasteiger partial charge in [-0.2, -0.15) is 0 Å². The first-order chi connectivity index (χ1) is 9.37. The minimum Gasteiger partial charge on any atom is -0.477 e. The molecule has 0 aliphatic rings. The number of rotatable bonds is 4. The van der Waals surface area contributed by atoms with Crippen LogP contribution in [0.5, 0.6) is 5.88 Å². The third kappa shape index (κ3) is 3.34. The number of hydrogen-bond acceptors (Lipinski definition) is 4. The number of fused-ring (bicyclic) bond motifs is 1. The summed E-state index contributed by atoms with van der Waals surface area (Å²) in [6, 6.07) is 0. The van der Waals surface area contributed by atoms with Crippen molar-refractivity contribution in [3.63, 3.8) is 0 Å². The Morgan fingerprint density at radius 1 is 1.45 bits per heavy atom. The number of nitrogens with two attached hydrogens (primary N) is 1. The number of H-pyrrole nitrogens is 1. The van der Waals surface area contributed by atoms with Gasteiger partial charge in [-0.05, 0) is 11.5 Å². The Hall–Kier alpha value is -2.37. The molecule has 6 nitrogen and oxygen atoms in total. The Morgan fingerprint density at radius 2 is 2.20 bits per heavy atom. The molecule has 1 amide bonds. The molecule has 0 bridgehead atoms. The van der Waals surface area contributed by atoms with Gasteiger partial charge in [-0.25, -0.2) is 9.97 Å². The first-order valence-electron chi connectivity index (χ1n) is 6.29. The minimum atomic E-state index is -0.506. The van der Waals surface area contributed by atoms with Gasteiger partial charge in [0.25, 0.3) is 0 Å². The molecule has 0 spiro atoms. The molecule has 0 fully saturated rings.